The molecule has 0 saturated carbocycles. The first kappa shape index (κ1) is 7.77. The first-order valence-electron chi connectivity index (χ1n) is 3.36. The molecule has 1 heterocycles. The molecule has 1 aromatic heterocycles. The molecule has 2 nitrogen and oxygen atoms in total. The number of nitrogens with zero attached hydrogens (tertiary/aromatic N) is 1. The molecule has 1 rings (SSSR count). The molecule has 56 valence electrons. The molecule has 0 aromatic carbocycles. The van der Waals surface area contributed by atoms with Gasteiger partial charge in [0.05, 0.1) is 6.10 Å². The second-order valence-corrected chi connectivity index (χ2v) is 2.21. The molecule has 0 aliphatic heterocycles. The minimum atomic E-state index is -0.575. The smallest absolute Gasteiger partial charge is 0.0913 e. The lowest BCUT2D eigenvalue weighted by molar-refractivity contribution is 0.183. The predicted molar refractivity (Wildman–Crippen MR) is 42.6 cm³/mol. The maximum absolute atomic E-state index is 9.34. The fourth-order valence-electron chi connectivity index (χ4n) is 0.803. The van der Waals surface area contributed by atoms with Gasteiger partial charge < -0.3 is 5.11 Å². The molecule has 1 unspecified atom stereocenters. The Balaban J connectivity index is 2.70. The highest BCUT2D eigenvalue weighted by molar-refractivity contribution is 5.13. The minimum absolute atomic E-state index is 0.339. The van der Waals surface area contributed by atoms with Crippen molar-refractivity contribution in [3.05, 3.63) is 30.1 Å². The normalized spacial score (nSPS) is 12.0. The van der Waals surface area contributed by atoms with Crippen LogP contribution in [0, 0.1) is 12.3 Å². The van der Waals surface area contributed by atoms with Gasteiger partial charge in [0.15, 0.2) is 0 Å². The van der Waals surface area contributed by atoms with Gasteiger partial charge in [-0.25, -0.2) is 0 Å². The van der Waals surface area contributed by atoms with E-state index in [4.69, 9.17) is 6.42 Å². The van der Waals surface area contributed by atoms with Crippen LogP contribution in [-0.2, 0) is 0 Å². The number of hydrogen-bond donors (Lipinski definition) is 1. The second kappa shape index (κ2) is 3.75. The van der Waals surface area contributed by atoms with Crippen molar-refractivity contribution in [1.82, 2.24) is 4.98 Å². The lowest BCUT2D eigenvalue weighted by atomic mass is 10.1. The van der Waals surface area contributed by atoms with Crippen LogP contribution in [0.3, 0.4) is 0 Å². The molecular weight excluding hydrogens is 138 g/mol. The Hall–Kier alpha value is -1.33. The largest absolute Gasteiger partial charge is 0.387 e. The standard InChI is InChI=1S/C9H9NO/c1-2-4-9(11)8-5-3-6-10-7-8/h1,3,5-7,9,11H,4H2. The van der Waals surface area contributed by atoms with Crippen molar-refractivity contribution in [1.29, 1.82) is 0 Å². The summed E-state index contributed by atoms with van der Waals surface area (Å²) in [5.41, 5.74) is 0.769. The Morgan fingerprint density at radius 1 is 1.73 bits per heavy atom. The first-order chi connectivity index (χ1) is 5.34. The summed E-state index contributed by atoms with van der Waals surface area (Å²) in [4.78, 5) is 3.86. The van der Waals surface area contributed by atoms with Crippen LogP contribution < -0.4 is 0 Å². The molecule has 0 amide bonds. The van der Waals surface area contributed by atoms with Crippen molar-refractivity contribution in [3.8, 4) is 12.3 Å². The van der Waals surface area contributed by atoms with E-state index in [0.29, 0.717) is 6.42 Å². The average molecular weight is 147 g/mol. The predicted octanol–water partition coefficient (Wildman–Crippen LogP) is 1.14. The maximum atomic E-state index is 9.34. The Kier molecular flexibility index (Phi) is 2.65. The Bertz CT molecular complexity index is 250. The fourth-order valence-corrected chi connectivity index (χ4v) is 0.803. The molecule has 0 radical (unpaired) electrons. The summed E-state index contributed by atoms with van der Waals surface area (Å²) < 4.78 is 0. The molecule has 1 N–H and O–H groups in total. The van der Waals surface area contributed by atoms with Crippen molar-refractivity contribution in [2.24, 2.45) is 0 Å². The molecular formula is C9H9NO. The third kappa shape index (κ3) is 2.06. The van der Waals surface area contributed by atoms with Crippen molar-refractivity contribution in [3.63, 3.8) is 0 Å². The first-order valence-corrected chi connectivity index (χ1v) is 3.36. The number of pyridine rings is 1. The van der Waals surface area contributed by atoms with Crippen LogP contribution >= 0.6 is 0 Å². The quantitative estimate of drug-likeness (QED) is 0.636. The summed E-state index contributed by atoms with van der Waals surface area (Å²) in [6.45, 7) is 0. The van der Waals surface area contributed by atoms with Gasteiger partial charge in [-0.3, -0.25) is 4.98 Å². The van der Waals surface area contributed by atoms with Gasteiger partial charge in [0.1, 0.15) is 0 Å². The summed E-state index contributed by atoms with van der Waals surface area (Å²) in [6, 6.07) is 3.57. The van der Waals surface area contributed by atoms with Crippen LogP contribution in [0.15, 0.2) is 24.5 Å². The Labute approximate surface area is 65.9 Å². The number of rotatable bonds is 2. The number of aliphatic hydroxyl groups excluding tert-OH is 1. The third-order valence-electron chi connectivity index (χ3n) is 1.38. The molecule has 0 aliphatic rings. The van der Waals surface area contributed by atoms with Crippen molar-refractivity contribution < 1.29 is 5.11 Å². The van der Waals surface area contributed by atoms with Crippen molar-refractivity contribution >= 4 is 0 Å². The zero-order valence-corrected chi connectivity index (χ0v) is 6.07. The highest BCUT2D eigenvalue weighted by atomic mass is 16.3. The number of aliphatic hydroxyl groups is 1. The molecule has 0 aliphatic carbocycles. The highest BCUT2D eigenvalue weighted by Gasteiger charge is 2.03. The summed E-state index contributed by atoms with van der Waals surface area (Å²) in [5.74, 6) is 2.39. The summed E-state index contributed by atoms with van der Waals surface area (Å²) in [5, 5.41) is 9.34. The Morgan fingerprint density at radius 3 is 3.09 bits per heavy atom. The molecule has 11 heavy (non-hydrogen) atoms. The average Bonchev–Trinajstić information content (AvgIpc) is 2.07. The lowest BCUT2D eigenvalue weighted by Gasteiger charge is -2.04. The molecule has 1 aromatic rings. The number of hydrogen-bond acceptors (Lipinski definition) is 2. The molecule has 0 spiro atoms. The number of terminal acetylenes is 1. The van der Waals surface area contributed by atoms with Gasteiger partial charge in [-0.2, -0.15) is 0 Å². The summed E-state index contributed by atoms with van der Waals surface area (Å²) in [7, 11) is 0. The van der Waals surface area contributed by atoms with E-state index in [2.05, 4.69) is 10.9 Å². The van der Waals surface area contributed by atoms with E-state index < -0.39 is 6.10 Å². The van der Waals surface area contributed by atoms with Gasteiger partial charge in [0.25, 0.3) is 0 Å². The van der Waals surface area contributed by atoms with E-state index in [1.165, 1.54) is 0 Å². The molecule has 0 saturated heterocycles. The summed E-state index contributed by atoms with van der Waals surface area (Å²) >= 11 is 0. The van der Waals surface area contributed by atoms with Crippen LogP contribution in [0.4, 0.5) is 0 Å². The maximum Gasteiger partial charge on any atom is 0.0913 e. The number of aromatic nitrogens is 1. The Morgan fingerprint density at radius 2 is 2.55 bits per heavy atom. The van der Waals surface area contributed by atoms with Gasteiger partial charge in [-0.05, 0) is 11.6 Å². The topological polar surface area (TPSA) is 33.1 Å². The van der Waals surface area contributed by atoms with Crippen LogP contribution in [0.25, 0.3) is 0 Å². The van der Waals surface area contributed by atoms with Crippen LogP contribution in [0.2, 0.25) is 0 Å². The zero-order valence-electron chi connectivity index (χ0n) is 6.07. The van der Waals surface area contributed by atoms with Crippen LogP contribution in [-0.4, -0.2) is 10.1 Å². The van der Waals surface area contributed by atoms with E-state index in [-0.39, 0.29) is 0 Å². The van der Waals surface area contributed by atoms with Gasteiger partial charge in [-0.1, -0.05) is 6.07 Å². The lowest BCUT2D eigenvalue weighted by Crippen LogP contribution is -1.95. The molecule has 1 atom stereocenters. The summed E-state index contributed by atoms with van der Waals surface area (Å²) in [6.07, 6.45) is 8.07. The van der Waals surface area contributed by atoms with Crippen molar-refractivity contribution in [2.75, 3.05) is 0 Å². The molecule has 2 heteroatoms. The van der Waals surface area contributed by atoms with Gasteiger partial charge in [-0.15, -0.1) is 12.3 Å². The van der Waals surface area contributed by atoms with E-state index in [0.717, 1.165) is 5.56 Å². The molecule has 0 fully saturated rings. The van der Waals surface area contributed by atoms with E-state index in [1.807, 2.05) is 0 Å². The monoisotopic (exact) mass is 147 g/mol. The van der Waals surface area contributed by atoms with Gasteiger partial charge >= 0.3 is 0 Å². The van der Waals surface area contributed by atoms with Gasteiger partial charge in [0.2, 0.25) is 0 Å². The van der Waals surface area contributed by atoms with E-state index in [1.54, 1.807) is 24.5 Å². The molecule has 0 bridgehead atoms. The minimum Gasteiger partial charge on any atom is -0.387 e. The second-order valence-electron chi connectivity index (χ2n) is 2.21. The zero-order chi connectivity index (χ0) is 8.10. The highest BCUT2D eigenvalue weighted by Crippen LogP contribution is 2.13. The third-order valence-corrected chi connectivity index (χ3v) is 1.38. The van der Waals surface area contributed by atoms with Crippen LogP contribution in [0.1, 0.15) is 18.1 Å². The van der Waals surface area contributed by atoms with E-state index in [9.17, 15) is 5.11 Å². The van der Waals surface area contributed by atoms with E-state index >= 15 is 0 Å². The van der Waals surface area contributed by atoms with Crippen LogP contribution in [0.5, 0.6) is 0 Å². The fraction of sp³-hybridized carbons (Fsp3) is 0.222. The van der Waals surface area contributed by atoms with Gasteiger partial charge in [0, 0.05) is 18.8 Å². The van der Waals surface area contributed by atoms with Crippen molar-refractivity contribution in [2.45, 2.75) is 12.5 Å². The SMILES string of the molecule is C#CCC(O)c1cccnc1.